The summed E-state index contributed by atoms with van der Waals surface area (Å²) in [5, 5.41) is 12.6. The van der Waals surface area contributed by atoms with Gasteiger partial charge in [0.1, 0.15) is 23.5 Å². The lowest BCUT2D eigenvalue weighted by Crippen LogP contribution is -2.50. The lowest BCUT2D eigenvalue weighted by molar-refractivity contribution is -0.137. The van der Waals surface area contributed by atoms with Crippen molar-refractivity contribution in [3.8, 4) is 11.6 Å². The van der Waals surface area contributed by atoms with Gasteiger partial charge in [0.25, 0.3) is 5.91 Å². The molecule has 0 aliphatic carbocycles. The van der Waals surface area contributed by atoms with E-state index < -0.39 is 29.0 Å². The van der Waals surface area contributed by atoms with Gasteiger partial charge in [0.15, 0.2) is 11.2 Å². The van der Waals surface area contributed by atoms with Crippen LogP contribution in [0, 0.1) is 6.92 Å². The predicted molar refractivity (Wildman–Crippen MR) is 164 cm³/mol. The summed E-state index contributed by atoms with van der Waals surface area (Å²) < 4.78 is 46.0. The number of nitrogens with zero attached hydrogens (tertiary/aromatic N) is 6. The van der Waals surface area contributed by atoms with Gasteiger partial charge in [-0.05, 0) is 37.6 Å². The Morgan fingerprint density at radius 2 is 1.85 bits per heavy atom. The Kier molecular flexibility index (Phi) is 9.06. The fourth-order valence-electron chi connectivity index (χ4n) is 5.37. The Morgan fingerprint density at radius 1 is 1.13 bits per heavy atom. The molecule has 0 radical (unpaired) electrons. The van der Waals surface area contributed by atoms with Crippen molar-refractivity contribution >= 4 is 46.0 Å². The molecule has 0 bridgehead atoms. The molecule has 2 amide bonds. The number of aromatic nitrogens is 4. The van der Waals surface area contributed by atoms with Gasteiger partial charge in [-0.3, -0.25) is 14.4 Å². The van der Waals surface area contributed by atoms with Crippen LogP contribution in [0.5, 0.6) is 11.6 Å². The van der Waals surface area contributed by atoms with Crippen LogP contribution in [-0.4, -0.2) is 74.6 Å². The second-order valence-electron chi connectivity index (χ2n) is 10.5. The number of hydrogen-bond donors (Lipinski definition) is 2. The number of anilines is 2. The van der Waals surface area contributed by atoms with Gasteiger partial charge in [0.05, 0.1) is 29.1 Å². The molecule has 1 aliphatic heterocycles. The minimum atomic E-state index is -4.60. The van der Waals surface area contributed by atoms with E-state index in [1.54, 1.807) is 11.5 Å². The van der Waals surface area contributed by atoms with E-state index in [9.17, 15) is 32.7 Å². The molecule has 4 heterocycles. The van der Waals surface area contributed by atoms with Crippen molar-refractivity contribution in [1.29, 1.82) is 0 Å². The number of carbonyl (C=O) groups excluding carboxylic acids is 2. The fraction of sp³-hybridized carbons (Fsp3) is 0.333. The van der Waals surface area contributed by atoms with Crippen molar-refractivity contribution in [2.45, 2.75) is 33.0 Å². The summed E-state index contributed by atoms with van der Waals surface area (Å²) in [6, 6.07) is 3.91. The average Bonchev–Trinajstić information content (AvgIpc) is 3.02. The van der Waals surface area contributed by atoms with E-state index in [1.165, 1.54) is 30.5 Å². The SMILES string of the molecule is CCc1c(N2CCN(C(=O)c3c(O)ccnc3OC)CC2)c(=O)c2ncc(C)nc2n1CC(=O)Nc1ccc(C(F)(F)F)cc1Cl. The third-order valence-electron chi connectivity index (χ3n) is 7.55. The number of aromatic hydroxyl groups is 1. The van der Waals surface area contributed by atoms with Crippen LogP contribution in [-0.2, 0) is 23.9 Å². The number of aryl methyl sites for hydroxylation is 1. The summed E-state index contributed by atoms with van der Waals surface area (Å²) in [5.74, 6) is -1.37. The quantitative estimate of drug-likeness (QED) is 0.301. The molecular formula is C30H29ClF3N7O5. The van der Waals surface area contributed by atoms with E-state index in [2.05, 4.69) is 20.3 Å². The van der Waals surface area contributed by atoms with Crippen molar-refractivity contribution in [1.82, 2.24) is 24.4 Å². The summed E-state index contributed by atoms with van der Waals surface area (Å²) >= 11 is 6.06. The number of pyridine rings is 2. The average molecular weight is 660 g/mol. The number of amides is 2. The molecule has 1 saturated heterocycles. The maximum Gasteiger partial charge on any atom is 0.416 e. The highest BCUT2D eigenvalue weighted by atomic mass is 35.5. The van der Waals surface area contributed by atoms with E-state index >= 15 is 0 Å². The second-order valence-corrected chi connectivity index (χ2v) is 10.9. The first kappa shape index (κ1) is 32.5. The van der Waals surface area contributed by atoms with Crippen molar-refractivity contribution < 1.29 is 32.6 Å². The molecule has 1 aliphatic rings. The molecular weight excluding hydrogens is 631 g/mol. The molecule has 46 heavy (non-hydrogen) atoms. The molecule has 0 saturated carbocycles. The Hall–Kier alpha value is -4.92. The van der Waals surface area contributed by atoms with Gasteiger partial charge in [0, 0.05) is 44.3 Å². The first-order valence-electron chi connectivity index (χ1n) is 14.2. The largest absolute Gasteiger partial charge is 0.507 e. The minimum Gasteiger partial charge on any atom is -0.507 e. The summed E-state index contributed by atoms with van der Waals surface area (Å²) in [6.07, 6.45) is -1.53. The number of benzene rings is 1. The number of methoxy groups -OCH3 is 1. The Labute approximate surface area is 265 Å². The van der Waals surface area contributed by atoms with Gasteiger partial charge in [-0.25, -0.2) is 15.0 Å². The number of nitrogens with one attached hydrogen (secondary N) is 1. The van der Waals surface area contributed by atoms with Crippen LogP contribution in [0.2, 0.25) is 5.02 Å². The highest BCUT2D eigenvalue weighted by Gasteiger charge is 2.32. The van der Waals surface area contributed by atoms with E-state index in [-0.39, 0.29) is 71.8 Å². The zero-order chi connectivity index (χ0) is 33.3. The predicted octanol–water partition coefficient (Wildman–Crippen LogP) is 4.04. The second kappa shape index (κ2) is 12.8. The Bertz CT molecular complexity index is 1890. The zero-order valence-electron chi connectivity index (χ0n) is 25.0. The first-order chi connectivity index (χ1) is 21.8. The fourth-order valence-corrected chi connectivity index (χ4v) is 5.60. The molecule has 4 aromatic rings. The van der Waals surface area contributed by atoms with E-state index in [4.69, 9.17) is 16.3 Å². The molecule has 3 aromatic heterocycles. The summed E-state index contributed by atoms with van der Waals surface area (Å²) in [5.41, 5.74) is 0.0571. The van der Waals surface area contributed by atoms with Gasteiger partial charge < -0.3 is 29.5 Å². The zero-order valence-corrected chi connectivity index (χ0v) is 25.7. The van der Waals surface area contributed by atoms with Crippen LogP contribution in [0.1, 0.15) is 34.2 Å². The molecule has 0 unspecified atom stereocenters. The van der Waals surface area contributed by atoms with Crippen LogP contribution >= 0.6 is 11.6 Å². The monoisotopic (exact) mass is 659 g/mol. The maximum absolute atomic E-state index is 13.9. The van der Waals surface area contributed by atoms with Crippen molar-refractivity contribution in [2.75, 3.05) is 43.5 Å². The number of halogens is 4. The van der Waals surface area contributed by atoms with Gasteiger partial charge in [-0.2, -0.15) is 13.2 Å². The number of rotatable bonds is 7. The third-order valence-corrected chi connectivity index (χ3v) is 7.86. The molecule has 1 fully saturated rings. The minimum absolute atomic E-state index is 0.0113. The van der Waals surface area contributed by atoms with Crippen molar-refractivity contribution in [3.05, 3.63) is 74.4 Å². The van der Waals surface area contributed by atoms with E-state index in [0.717, 1.165) is 18.2 Å². The van der Waals surface area contributed by atoms with Gasteiger partial charge in [0.2, 0.25) is 17.2 Å². The Balaban J connectivity index is 1.46. The van der Waals surface area contributed by atoms with Crippen LogP contribution in [0.25, 0.3) is 11.2 Å². The molecule has 2 N–H and O–H groups in total. The normalized spacial score (nSPS) is 13.6. The standard InChI is InChI=1S/C30H29ClF3N7O5/c1-4-20-25(39-9-11-40(12-10-39)29(45)23-21(42)7-8-35-28(23)46-3)26(44)24-27(37-16(2)14-36-24)41(20)15-22(43)38-19-6-5-17(13-18(19)31)30(32,33)34/h5-8,13-14H,4,9-12,15H2,1-3H3,(H,35,42)(H,38,43). The molecule has 0 atom stereocenters. The number of hydrogen-bond acceptors (Lipinski definition) is 9. The molecule has 16 heteroatoms. The Morgan fingerprint density at radius 3 is 2.48 bits per heavy atom. The van der Waals surface area contributed by atoms with Crippen LogP contribution in [0.3, 0.4) is 0 Å². The molecule has 5 rings (SSSR count). The number of ether oxygens (including phenoxy) is 1. The molecule has 242 valence electrons. The highest BCUT2D eigenvalue weighted by molar-refractivity contribution is 6.33. The molecule has 12 nitrogen and oxygen atoms in total. The number of piperazine rings is 1. The van der Waals surface area contributed by atoms with Gasteiger partial charge in [-0.15, -0.1) is 0 Å². The highest BCUT2D eigenvalue weighted by Crippen LogP contribution is 2.34. The van der Waals surface area contributed by atoms with Gasteiger partial charge in [-0.1, -0.05) is 18.5 Å². The molecule has 1 aromatic carbocycles. The lowest BCUT2D eigenvalue weighted by atomic mass is 10.1. The maximum atomic E-state index is 13.9. The van der Waals surface area contributed by atoms with Crippen LogP contribution in [0.15, 0.2) is 41.5 Å². The number of carbonyl (C=O) groups is 2. The topological polar surface area (TPSA) is 143 Å². The third kappa shape index (κ3) is 6.27. The summed E-state index contributed by atoms with van der Waals surface area (Å²) in [6.45, 7) is 4.04. The summed E-state index contributed by atoms with van der Waals surface area (Å²) in [4.78, 5) is 56.6. The number of fused-ring (bicyclic) bond motifs is 1. The van der Waals surface area contributed by atoms with Crippen LogP contribution in [0.4, 0.5) is 24.5 Å². The van der Waals surface area contributed by atoms with Gasteiger partial charge >= 0.3 is 6.18 Å². The lowest BCUT2D eigenvalue weighted by Gasteiger charge is -2.37. The first-order valence-corrected chi connectivity index (χ1v) is 14.5. The van der Waals surface area contributed by atoms with Crippen molar-refractivity contribution in [3.63, 3.8) is 0 Å². The molecule has 0 spiro atoms. The van der Waals surface area contributed by atoms with E-state index in [0.29, 0.717) is 23.5 Å². The smallest absolute Gasteiger partial charge is 0.416 e. The van der Waals surface area contributed by atoms with Crippen molar-refractivity contribution in [2.24, 2.45) is 0 Å². The number of alkyl halides is 3. The van der Waals surface area contributed by atoms with E-state index in [1.807, 2.05) is 11.8 Å². The summed E-state index contributed by atoms with van der Waals surface area (Å²) in [7, 11) is 1.34. The van der Waals surface area contributed by atoms with Crippen LogP contribution < -0.4 is 20.4 Å².